The summed E-state index contributed by atoms with van der Waals surface area (Å²) in [5.74, 6) is -0.720. The van der Waals surface area contributed by atoms with Crippen LogP contribution < -0.4 is 0 Å². The van der Waals surface area contributed by atoms with Gasteiger partial charge in [0.1, 0.15) is 48.0 Å². The van der Waals surface area contributed by atoms with Crippen LogP contribution in [0.3, 0.4) is 0 Å². The molecule has 0 N–H and O–H groups in total. The third-order valence-electron chi connectivity index (χ3n) is 14.7. The van der Waals surface area contributed by atoms with Crippen molar-refractivity contribution < 1.29 is 404 Å². The summed E-state index contributed by atoms with van der Waals surface area (Å²) >= 11 is 0. The van der Waals surface area contributed by atoms with Gasteiger partial charge in [-0.05, 0) is 20.8 Å². The van der Waals surface area contributed by atoms with Crippen LogP contribution in [0.4, 0.5) is 0 Å². The molecule has 0 aromatic rings. The van der Waals surface area contributed by atoms with Crippen LogP contribution in [0.1, 0.15) is 62.3 Å². The van der Waals surface area contributed by atoms with E-state index in [1.54, 1.807) is 0 Å². The monoisotopic (exact) mass is 1940 g/mol. The van der Waals surface area contributed by atoms with Gasteiger partial charge in [-0.1, -0.05) is 41.5 Å². The van der Waals surface area contributed by atoms with Gasteiger partial charge >= 0.3 is 49.5 Å². The van der Waals surface area contributed by atoms with E-state index in [1.807, 2.05) is 62.3 Å². The average Bonchev–Trinajstić information content (AvgIpc) is 4.09. The molecule has 0 aromatic carbocycles. The third kappa shape index (κ3) is 27.7. The van der Waals surface area contributed by atoms with Gasteiger partial charge in [0.15, 0.2) is 0 Å². The molecular weight excluding hydrogens is 1870 g/mol. The van der Waals surface area contributed by atoms with E-state index in [1.165, 1.54) is 0 Å². The van der Waals surface area contributed by atoms with Crippen LogP contribution in [0.15, 0.2) is 0 Å². The molecule has 0 amide bonds. The van der Waals surface area contributed by atoms with Crippen molar-refractivity contribution in [3.8, 4) is 0 Å². The molecule has 0 spiro atoms. The van der Waals surface area contributed by atoms with E-state index in [4.69, 9.17) is 106 Å². The van der Waals surface area contributed by atoms with Crippen LogP contribution >= 0.6 is 49.5 Å². The Labute approximate surface area is 711 Å². The Kier molecular flexibility index (Phi) is 55.7. The Morgan fingerprint density at radius 2 is 0.481 bits per heavy atom. The number of ether oxygens (including phenoxy) is 6. The van der Waals surface area contributed by atoms with Crippen molar-refractivity contribution in [3.05, 3.63) is 0 Å². The maximum absolute atomic E-state index is 12.2. The smallest absolute Gasteiger partial charge is 0.319 e. The Bertz CT molecular complexity index is 1890. The van der Waals surface area contributed by atoms with Crippen LogP contribution in [0, 0.1) is 35.5 Å². The Morgan fingerprint density at radius 3 is 0.815 bits per heavy atom. The first-order chi connectivity index (χ1) is 34.1. The molecule has 0 saturated carbocycles. The van der Waals surface area contributed by atoms with E-state index in [2.05, 4.69) is 0 Å². The molecule has 81 heavy (non-hydrogen) atoms. The van der Waals surface area contributed by atoms with E-state index in [0.717, 1.165) is 0 Å². The Hall–Kier alpha value is 10.8. The van der Waals surface area contributed by atoms with Gasteiger partial charge in [-0.2, -0.15) is 0 Å². The van der Waals surface area contributed by atoms with Gasteiger partial charge < -0.3 is 82.7 Å². The first kappa shape index (κ1) is 96.0. The maximum atomic E-state index is 12.2. The standard InChI is InChI=1S/3C13H23BO8P2.9Y/c1-6-9-4-17-24(16)22-12-7(2)13(14)20-10(12)5-18-23(15)21-11(6)8(3)19-9;1-6-9-4-17-24(16)22-12-7(2)10(20-13(12)14)5-18-23(15)21-11(6)8(3)19-9;1-6-8(3)19-9-4-17-24(16)22-12-7(2)13(14)20-10(12)5-18-23(15)21-11(6)9;;;;;;;;;/h3*6-13,23-24H,4-5H2,1-3H3;;;;;;;;;/t6?,7?,8-,9+,10+,11-,12+,13+;6?,7-,8-,9+,10+,11-,12?,13+;6-,7?,8+,9-,10-,11?,12-,13-;;;;;;;;;/m001........./s1. The predicted octanol–water partition coefficient (Wildman–Crippen LogP) is 4.59. The minimum absolute atomic E-state index is 0. The van der Waals surface area contributed by atoms with Crippen LogP contribution in [-0.2, 0) is 404 Å². The van der Waals surface area contributed by atoms with Gasteiger partial charge in [-0.25, -0.2) is 0 Å². The second-order valence-electron chi connectivity index (χ2n) is 19.6. The summed E-state index contributed by atoms with van der Waals surface area (Å²) in [6.07, 6.45) is -6.19. The van der Waals surface area contributed by atoms with Crippen molar-refractivity contribution in [2.24, 2.45) is 35.5 Å². The van der Waals surface area contributed by atoms with Crippen molar-refractivity contribution in [1.82, 2.24) is 0 Å². The second-order valence-corrected chi connectivity index (χ2v) is 25.7. The molecule has 0 aliphatic carbocycles. The average molecular weight is 1940 g/mol. The molecule has 9 heterocycles. The number of fused-ring (bicyclic) bond motifs is 9. The summed E-state index contributed by atoms with van der Waals surface area (Å²) in [5, 5.41) is 0. The molecule has 15 radical (unpaired) electrons. The Balaban J connectivity index is -0.00000107. The summed E-state index contributed by atoms with van der Waals surface area (Å²) in [7, 11) is 1.18. The van der Waals surface area contributed by atoms with Crippen molar-refractivity contribution >= 4 is 73.1 Å². The van der Waals surface area contributed by atoms with Gasteiger partial charge in [0.2, 0.25) is 0 Å². The van der Waals surface area contributed by atoms with Gasteiger partial charge in [0.05, 0.1) is 107 Å². The number of hydrogen-bond donors (Lipinski definition) is 0. The van der Waals surface area contributed by atoms with E-state index >= 15 is 0 Å². The van der Waals surface area contributed by atoms with Crippen molar-refractivity contribution in [3.63, 3.8) is 0 Å². The molecule has 12 unspecified atom stereocenters. The molecule has 9 aliphatic heterocycles. The summed E-state index contributed by atoms with van der Waals surface area (Å²) in [6, 6.07) is -1.89. The van der Waals surface area contributed by atoms with Crippen LogP contribution in [0.2, 0.25) is 0 Å². The molecule has 0 aromatic heterocycles. The zero-order valence-corrected chi connectivity index (χ0v) is 78.4. The van der Waals surface area contributed by atoms with Gasteiger partial charge in [0.25, 0.3) is 0 Å². The van der Waals surface area contributed by atoms with Gasteiger partial charge in [-0.3, -0.25) is 27.4 Å². The Morgan fingerprint density at radius 1 is 0.259 bits per heavy atom. The fourth-order valence-electron chi connectivity index (χ4n) is 9.96. The van der Waals surface area contributed by atoms with Gasteiger partial charge in [0, 0.05) is 348 Å². The van der Waals surface area contributed by atoms with Crippen LogP contribution in [0.5, 0.6) is 0 Å². The first-order valence-corrected chi connectivity index (χ1v) is 31.6. The molecule has 435 valence electrons. The molecular formula is C39H69B3O24P6Y9. The molecule has 42 heteroatoms. The van der Waals surface area contributed by atoms with Crippen molar-refractivity contribution in [2.75, 3.05) is 39.6 Å². The summed E-state index contributed by atoms with van der Waals surface area (Å²) < 4.78 is 172. The summed E-state index contributed by atoms with van der Waals surface area (Å²) in [4.78, 5) is 0. The maximum Gasteiger partial charge on any atom is 0.319 e. The fourth-order valence-corrected chi connectivity index (χ4v) is 15.8. The second kappa shape index (κ2) is 47.0. The SMILES string of the molecule is [B][C@@H]1O[C@@H]2CO[PH](=O)OC3[C@@H](CO[PH](=O)O[C@@H]2C1C)O[C@@H](C)[C@H]3C.[B][C@@H]1O[C@@H]2CO[PH](=O)O[C@H]3C(C)[C@@H](CO[PH](=O)OC1[C@H]2C)O[C@H]3C.[B][C@@H]1O[C@@H]2CO[PH](=O)O[C@H]3C(C)[C@@H](CO[PH](=O)O[C@@H]2C1C)O[C@H]3C.[Y].[Y].[Y].[Y].[Y].[Y].[Y].[Y].[Y]. The topological polar surface area (TPSA) is 269 Å². The fraction of sp³-hybridized carbons (Fsp3) is 1.00. The number of hydrogen-bond acceptors (Lipinski definition) is 24. The zero-order chi connectivity index (χ0) is 52.3. The van der Waals surface area contributed by atoms with E-state index < -0.39 is 116 Å². The van der Waals surface area contributed by atoms with Crippen LogP contribution in [-0.4, -0.2) is 173 Å². The van der Waals surface area contributed by atoms with Crippen molar-refractivity contribution in [2.45, 2.75) is 172 Å². The molecule has 6 bridgehead atoms. The molecule has 9 rings (SSSR count). The summed E-state index contributed by atoms with van der Waals surface area (Å²) in [6.45, 7) is 17.1. The van der Waals surface area contributed by atoms with E-state index in [9.17, 15) is 27.4 Å². The van der Waals surface area contributed by atoms with E-state index in [-0.39, 0.29) is 412 Å². The number of rotatable bonds is 0. The largest absolute Gasteiger partial charge is 0.379 e. The zero-order valence-electron chi connectivity index (χ0n) is 46.8. The minimum Gasteiger partial charge on any atom is -0.379 e. The van der Waals surface area contributed by atoms with Crippen molar-refractivity contribution in [1.29, 1.82) is 0 Å². The predicted molar refractivity (Wildman–Crippen MR) is 260 cm³/mol. The first-order valence-electron chi connectivity index (χ1n) is 24.3. The third-order valence-corrected chi connectivity index (χ3v) is 19.9. The molecule has 30 atom stereocenters. The molecule has 9 saturated heterocycles. The normalized spacial score (nSPS) is 47.7. The van der Waals surface area contributed by atoms with Crippen LogP contribution in [0.25, 0.3) is 0 Å². The molecule has 9 fully saturated rings. The molecule has 24 nitrogen and oxygen atoms in total. The van der Waals surface area contributed by atoms with Gasteiger partial charge in [-0.15, -0.1) is 0 Å². The van der Waals surface area contributed by atoms with E-state index in [0.29, 0.717) is 0 Å². The minimum atomic E-state index is -2.76. The molecule has 9 aliphatic rings. The quantitative estimate of drug-likeness (QED) is 0.237. The summed E-state index contributed by atoms with van der Waals surface area (Å²) in [5.41, 5.74) is 0.